The highest BCUT2D eigenvalue weighted by molar-refractivity contribution is 5.93. The third-order valence-electron chi connectivity index (χ3n) is 3.79. The number of piperidine rings is 1. The molecule has 0 aromatic carbocycles. The van der Waals surface area contributed by atoms with Gasteiger partial charge in [0.25, 0.3) is 11.5 Å². The number of aryl methyl sites for hydroxylation is 1. The fraction of sp³-hybridized carbons (Fsp3) is 0.571. The molecule has 0 aliphatic carbocycles. The fourth-order valence-electron chi connectivity index (χ4n) is 2.35. The second-order valence-corrected chi connectivity index (χ2v) is 5.63. The van der Waals surface area contributed by atoms with Crippen LogP contribution >= 0.6 is 0 Å². The maximum atomic E-state index is 12.0. The molecular formula is C14H21N3O2. The molecule has 1 saturated heterocycles. The van der Waals surface area contributed by atoms with Gasteiger partial charge in [-0.15, -0.1) is 0 Å². The van der Waals surface area contributed by atoms with E-state index in [9.17, 15) is 9.59 Å². The number of aromatic nitrogens is 1. The Balaban J connectivity index is 1.99. The molecule has 5 heteroatoms. The van der Waals surface area contributed by atoms with E-state index in [0.717, 1.165) is 31.6 Å². The van der Waals surface area contributed by atoms with Crippen molar-refractivity contribution in [1.82, 2.24) is 15.6 Å². The van der Waals surface area contributed by atoms with Crippen LogP contribution < -0.4 is 16.2 Å². The minimum atomic E-state index is -0.326. The van der Waals surface area contributed by atoms with Gasteiger partial charge >= 0.3 is 0 Å². The lowest BCUT2D eigenvalue weighted by atomic mass is 9.81. The Bertz CT molecular complexity index is 516. The van der Waals surface area contributed by atoms with Crippen molar-refractivity contribution in [2.75, 3.05) is 19.6 Å². The van der Waals surface area contributed by atoms with E-state index in [0.29, 0.717) is 6.54 Å². The first-order chi connectivity index (χ1) is 9.00. The smallest absolute Gasteiger partial charge is 0.260 e. The van der Waals surface area contributed by atoms with Crippen molar-refractivity contribution in [1.29, 1.82) is 0 Å². The van der Waals surface area contributed by atoms with Crippen LogP contribution in [0.4, 0.5) is 0 Å². The summed E-state index contributed by atoms with van der Waals surface area (Å²) in [6, 6.07) is 3.32. The first-order valence-corrected chi connectivity index (χ1v) is 6.69. The van der Waals surface area contributed by atoms with E-state index in [1.165, 1.54) is 0 Å². The summed E-state index contributed by atoms with van der Waals surface area (Å²) in [6.07, 6.45) is 2.08. The Morgan fingerprint density at radius 2 is 2.05 bits per heavy atom. The molecule has 1 aliphatic heterocycles. The number of pyridine rings is 1. The zero-order valence-electron chi connectivity index (χ0n) is 11.5. The summed E-state index contributed by atoms with van der Waals surface area (Å²) in [6.45, 7) is 6.54. The molecule has 1 fully saturated rings. The number of hydrogen-bond acceptors (Lipinski definition) is 3. The van der Waals surface area contributed by atoms with Crippen LogP contribution in [0.25, 0.3) is 0 Å². The molecule has 1 aliphatic rings. The highest BCUT2D eigenvalue weighted by Crippen LogP contribution is 2.26. The average Bonchev–Trinajstić information content (AvgIpc) is 2.37. The van der Waals surface area contributed by atoms with Crippen molar-refractivity contribution < 1.29 is 4.79 Å². The van der Waals surface area contributed by atoms with Crippen LogP contribution in [0.15, 0.2) is 16.9 Å². The first kappa shape index (κ1) is 13.8. The third-order valence-corrected chi connectivity index (χ3v) is 3.79. The van der Waals surface area contributed by atoms with Crippen molar-refractivity contribution >= 4 is 5.91 Å². The lowest BCUT2D eigenvalue weighted by Crippen LogP contribution is -2.43. The largest absolute Gasteiger partial charge is 0.351 e. The number of H-pyrrole nitrogens is 1. The second-order valence-electron chi connectivity index (χ2n) is 5.63. The molecule has 3 N–H and O–H groups in total. The van der Waals surface area contributed by atoms with Gasteiger partial charge in [-0.3, -0.25) is 9.59 Å². The number of nitrogens with one attached hydrogen (secondary N) is 3. The standard InChI is InChI=1S/C14H21N3O2/c1-10-3-4-11(13(19)17-10)12(18)16-9-14(2)5-7-15-8-6-14/h3-4,15H,5-9H2,1-2H3,(H,16,18)(H,17,19). The molecule has 1 aromatic rings. The quantitative estimate of drug-likeness (QED) is 0.755. The summed E-state index contributed by atoms with van der Waals surface area (Å²) < 4.78 is 0. The number of hydrogen-bond donors (Lipinski definition) is 3. The number of carbonyl (C=O) groups excluding carboxylic acids is 1. The Labute approximate surface area is 112 Å². The van der Waals surface area contributed by atoms with Gasteiger partial charge in [0.05, 0.1) is 0 Å². The molecule has 5 nitrogen and oxygen atoms in total. The molecule has 0 radical (unpaired) electrons. The number of aromatic amines is 1. The maximum absolute atomic E-state index is 12.0. The lowest BCUT2D eigenvalue weighted by Gasteiger charge is -2.34. The van der Waals surface area contributed by atoms with E-state index in [1.807, 2.05) is 0 Å². The van der Waals surface area contributed by atoms with Gasteiger partial charge < -0.3 is 15.6 Å². The molecule has 2 heterocycles. The summed E-state index contributed by atoms with van der Waals surface area (Å²) in [5, 5.41) is 6.19. The second kappa shape index (κ2) is 5.57. The van der Waals surface area contributed by atoms with E-state index in [2.05, 4.69) is 22.5 Å². The highest BCUT2D eigenvalue weighted by atomic mass is 16.2. The van der Waals surface area contributed by atoms with E-state index in [-0.39, 0.29) is 22.4 Å². The SMILES string of the molecule is Cc1ccc(C(=O)NCC2(C)CCNCC2)c(=O)[nH]1. The molecule has 0 saturated carbocycles. The molecule has 1 amide bonds. The zero-order chi connectivity index (χ0) is 13.9. The van der Waals surface area contributed by atoms with Crippen LogP contribution in [-0.4, -0.2) is 30.5 Å². The number of amides is 1. The molecule has 104 valence electrons. The van der Waals surface area contributed by atoms with Crippen molar-refractivity contribution in [2.45, 2.75) is 26.7 Å². The van der Waals surface area contributed by atoms with Crippen molar-refractivity contribution in [2.24, 2.45) is 5.41 Å². The molecular weight excluding hydrogens is 242 g/mol. The van der Waals surface area contributed by atoms with E-state index >= 15 is 0 Å². The summed E-state index contributed by atoms with van der Waals surface area (Å²) in [5.74, 6) is -0.291. The molecule has 19 heavy (non-hydrogen) atoms. The monoisotopic (exact) mass is 263 g/mol. The molecule has 0 bridgehead atoms. The van der Waals surface area contributed by atoms with Gasteiger partial charge in [-0.1, -0.05) is 6.92 Å². The predicted molar refractivity (Wildman–Crippen MR) is 74.3 cm³/mol. The molecule has 0 spiro atoms. The minimum absolute atomic E-state index is 0.123. The lowest BCUT2D eigenvalue weighted by molar-refractivity contribution is 0.0920. The maximum Gasteiger partial charge on any atom is 0.260 e. The van der Waals surface area contributed by atoms with Crippen molar-refractivity contribution in [3.05, 3.63) is 33.7 Å². The van der Waals surface area contributed by atoms with Crippen LogP contribution in [0.5, 0.6) is 0 Å². The average molecular weight is 263 g/mol. The summed E-state index contributed by atoms with van der Waals surface area (Å²) in [7, 11) is 0. The van der Waals surface area contributed by atoms with E-state index in [1.54, 1.807) is 19.1 Å². The van der Waals surface area contributed by atoms with Crippen LogP contribution in [0, 0.1) is 12.3 Å². The topological polar surface area (TPSA) is 74.0 Å². The predicted octanol–water partition coefficient (Wildman–Crippen LogP) is 0.803. The van der Waals surface area contributed by atoms with Gasteiger partial charge in [0.1, 0.15) is 5.56 Å². The van der Waals surface area contributed by atoms with Gasteiger partial charge in [-0.25, -0.2) is 0 Å². The van der Waals surface area contributed by atoms with Gasteiger partial charge in [0, 0.05) is 12.2 Å². The number of rotatable bonds is 3. The molecule has 1 aromatic heterocycles. The fourth-order valence-corrected chi connectivity index (χ4v) is 2.35. The molecule has 0 atom stereocenters. The van der Waals surface area contributed by atoms with Gasteiger partial charge in [-0.05, 0) is 50.4 Å². The van der Waals surface area contributed by atoms with E-state index < -0.39 is 0 Å². The first-order valence-electron chi connectivity index (χ1n) is 6.69. The van der Waals surface area contributed by atoms with Crippen LogP contribution in [0.3, 0.4) is 0 Å². The van der Waals surface area contributed by atoms with Crippen LogP contribution in [-0.2, 0) is 0 Å². The molecule has 0 unspecified atom stereocenters. The van der Waals surface area contributed by atoms with Crippen LogP contribution in [0.1, 0.15) is 35.8 Å². The Morgan fingerprint density at radius 1 is 1.37 bits per heavy atom. The highest BCUT2D eigenvalue weighted by Gasteiger charge is 2.27. The number of carbonyl (C=O) groups is 1. The summed E-state index contributed by atoms with van der Waals surface area (Å²) in [5.41, 5.74) is 0.737. The summed E-state index contributed by atoms with van der Waals surface area (Å²) in [4.78, 5) is 26.3. The normalized spacial score (nSPS) is 18.0. The molecule has 2 rings (SSSR count). The Kier molecular flexibility index (Phi) is 4.04. The Hall–Kier alpha value is -1.62. The third kappa shape index (κ3) is 3.44. The van der Waals surface area contributed by atoms with E-state index in [4.69, 9.17) is 0 Å². The van der Waals surface area contributed by atoms with Gasteiger partial charge in [-0.2, -0.15) is 0 Å². The van der Waals surface area contributed by atoms with Crippen LogP contribution in [0.2, 0.25) is 0 Å². The van der Waals surface area contributed by atoms with Gasteiger partial charge in [0.2, 0.25) is 0 Å². The van der Waals surface area contributed by atoms with Crippen molar-refractivity contribution in [3.8, 4) is 0 Å². The van der Waals surface area contributed by atoms with Gasteiger partial charge in [0.15, 0.2) is 0 Å². The van der Waals surface area contributed by atoms with Crippen molar-refractivity contribution in [3.63, 3.8) is 0 Å². The zero-order valence-corrected chi connectivity index (χ0v) is 11.5. The Morgan fingerprint density at radius 3 is 2.68 bits per heavy atom. The minimum Gasteiger partial charge on any atom is -0.351 e. The summed E-state index contributed by atoms with van der Waals surface area (Å²) >= 11 is 0.